The van der Waals surface area contributed by atoms with Crippen molar-refractivity contribution in [3.8, 4) is 0 Å². The van der Waals surface area contributed by atoms with Crippen LogP contribution in [0, 0.1) is 0 Å². The summed E-state index contributed by atoms with van der Waals surface area (Å²) in [7, 11) is 0. The van der Waals surface area contributed by atoms with Gasteiger partial charge in [-0.2, -0.15) is 0 Å². The molecule has 0 bridgehead atoms. The highest BCUT2D eigenvalue weighted by atomic mass is 16.5. The summed E-state index contributed by atoms with van der Waals surface area (Å²) in [5.41, 5.74) is 5.01. The van der Waals surface area contributed by atoms with Crippen molar-refractivity contribution in [1.82, 2.24) is 5.32 Å². The van der Waals surface area contributed by atoms with Crippen LogP contribution in [-0.2, 0) is 14.3 Å². The minimum absolute atomic E-state index is 0.104. The van der Waals surface area contributed by atoms with Gasteiger partial charge in [0.2, 0.25) is 5.91 Å². The van der Waals surface area contributed by atoms with Gasteiger partial charge in [0.1, 0.15) is 0 Å². The second-order valence-corrected chi connectivity index (χ2v) is 3.79. The fourth-order valence-corrected chi connectivity index (χ4v) is 1.31. The predicted molar refractivity (Wildman–Crippen MR) is 61.8 cm³/mol. The highest BCUT2D eigenvalue weighted by Gasteiger charge is 2.08. The monoisotopic (exact) mass is 230 g/mol. The van der Waals surface area contributed by atoms with E-state index in [-0.39, 0.29) is 17.9 Å². The van der Waals surface area contributed by atoms with Crippen molar-refractivity contribution in [2.75, 3.05) is 13.2 Å². The Labute approximate surface area is 96.7 Å². The molecule has 5 nitrogen and oxygen atoms in total. The lowest BCUT2D eigenvalue weighted by Gasteiger charge is -2.12. The maximum atomic E-state index is 11.1. The van der Waals surface area contributed by atoms with Gasteiger partial charge < -0.3 is 15.8 Å². The summed E-state index contributed by atoms with van der Waals surface area (Å²) in [4.78, 5) is 21.6. The van der Waals surface area contributed by atoms with Gasteiger partial charge in [0.25, 0.3) is 0 Å². The standard InChI is InChI=1S/C11H22N2O3/c1-3-16-11(15)8-9(2)13-7-5-4-6-10(12)14/h9,13H,3-8H2,1-2H3,(H2,12,14). The van der Waals surface area contributed by atoms with Gasteiger partial charge in [-0.3, -0.25) is 9.59 Å². The van der Waals surface area contributed by atoms with Crippen molar-refractivity contribution in [1.29, 1.82) is 0 Å². The number of rotatable bonds is 9. The molecule has 1 amide bonds. The Kier molecular flexibility index (Phi) is 8.52. The molecular weight excluding hydrogens is 208 g/mol. The Morgan fingerprint density at radius 3 is 2.62 bits per heavy atom. The number of ether oxygens (including phenoxy) is 1. The Morgan fingerprint density at radius 1 is 1.38 bits per heavy atom. The third kappa shape index (κ3) is 9.45. The third-order valence-corrected chi connectivity index (χ3v) is 2.12. The number of carbonyl (C=O) groups excluding carboxylic acids is 2. The van der Waals surface area contributed by atoms with E-state index in [2.05, 4.69) is 5.32 Å². The Morgan fingerprint density at radius 2 is 2.06 bits per heavy atom. The average molecular weight is 230 g/mol. The normalized spacial score (nSPS) is 12.1. The molecule has 0 saturated carbocycles. The highest BCUT2D eigenvalue weighted by Crippen LogP contribution is 1.97. The summed E-state index contributed by atoms with van der Waals surface area (Å²) >= 11 is 0. The first kappa shape index (κ1) is 14.9. The van der Waals surface area contributed by atoms with Crippen molar-refractivity contribution in [3.05, 3.63) is 0 Å². The minimum atomic E-state index is -0.264. The predicted octanol–water partition coefficient (Wildman–Crippen LogP) is 0.573. The smallest absolute Gasteiger partial charge is 0.307 e. The first-order chi connectivity index (χ1) is 7.56. The van der Waals surface area contributed by atoms with Gasteiger partial charge in [0.05, 0.1) is 13.0 Å². The molecule has 16 heavy (non-hydrogen) atoms. The molecule has 1 unspecified atom stereocenters. The van der Waals surface area contributed by atoms with Crippen LogP contribution >= 0.6 is 0 Å². The topological polar surface area (TPSA) is 81.4 Å². The van der Waals surface area contributed by atoms with E-state index in [0.29, 0.717) is 19.4 Å². The zero-order valence-electron chi connectivity index (χ0n) is 10.1. The Hall–Kier alpha value is -1.10. The number of hydrogen-bond acceptors (Lipinski definition) is 4. The Bertz CT molecular complexity index is 219. The van der Waals surface area contributed by atoms with Crippen molar-refractivity contribution in [2.45, 2.75) is 45.6 Å². The largest absolute Gasteiger partial charge is 0.466 e. The number of unbranched alkanes of at least 4 members (excludes halogenated alkanes) is 1. The lowest BCUT2D eigenvalue weighted by molar-refractivity contribution is -0.143. The number of hydrogen-bond donors (Lipinski definition) is 2. The molecule has 0 aliphatic carbocycles. The lowest BCUT2D eigenvalue weighted by atomic mass is 10.2. The molecule has 0 aromatic heterocycles. The van der Waals surface area contributed by atoms with E-state index in [1.165, 1.54) is 0 Å². The first-order valence-electron chi connectivity index (χ1n) is 5.73. The SMILES string of the molecule is CCOC(=O)CC(C)NCCCCC(N)=O. The molecule has 3 N–H and O–H groups in total. The summed E-state index contributed by atoms with van der Waals surface area (Å²) in [6.45, 7) is 4.93. The van der Waals surface area contributed by atoms with E-state index < -0.39 is 0 Å². The molecule has 0 spiro atoms. The minimum Gasteiger partial charge on any atom is -0.466 e. The molecular formula is C11H22N2O3. The first-order valence-corrected chi connectivity index (χ1v) is 5.73. The fourth-order valence-electron chi connectivity index (χ4n) is 1.31. The van der Waals surface area contributed by atoms with Gasteiger partial charge in [0.15, 0.2) is 0 Å². The van der Waals surface area contributed by atoms with Crippen LogP contribution in [-0.4, -0.2) is 31.1 Å². The van der Waals surface area contributed by atoms with E-state index in [1.54, 1.807) is 6.92 Å². The molecule has 0 aromatic carbocycles. The number of nitrogens with two attached hydrogens (primary N) is 1. The molecule has 0 aromatic rings. The van der Waals surface area contributed by atoms with Gasteiger partial charge in [-0.05, 0) is 33.2 Å². The summed E-state index contributed by atoms with van der Waals surface area (Å²) < 4.78 is 4.83. The lowest BCUT2D eigenvalue weighted by Crippen LogP contribution is -2.30. The van der Waals surface area contributed by atoms with Gasteiger partial charge in [-0.1, -0.05) is 0 Å². The van der Waals surface area contributed by atoms with Crippen LogP contribution in [0.4, 0.5) is 0 Å². The summed E-state index contributed by atoms with van der Waals surface area (Å²) in [6, 6.07) is 0.104. The van der Waals surface area contributed by atoms with E-state index in [9.17, 15) is 9.59 Å². The second-order valence-electron chi connectivity index (χ2n) is 3.79. The number of carbonyl (C=O) groups is 2. The molecule has 0 aliphatic heterocycles. The van der Waals surface area contributed by atoms with Gasteiger partial charge >= 0.3 is 5.97 Å². The molecule has 0 fully saturated rings. The Balaban J connectivity index is 3.39. The van der Waals surface area contributed by atoms with Crippen LogP contribution in [0.15, 0.2) is 0 Å². The zero-order chi connectivity index (χ0) is 12.4. The fraction of sp³-hybridized carbons (Fsp3) is 0.818. The summed E-state index contributed by atoms with van der Waals surface area (Å²) in [5.74, 6) is -0.445. The number of nitrogens with one attached hydrogen (secondary N) is 1. The highest BCUT2D eigenvalue weighted by molar-refractivity contribution is 5.73. The maximum Gasteiger partial charge on any atom is 0.307 e. The number of primary amides is 1. The zero-order valence-corrected chi connectivity index (χ0v) is 10.1. The molecule has 0 rings (SSSR count). The molecule has 94 valence electrons. The number of amides is 1. The van der Waals surface area contributed by atoms with Crippen LogP contribution in [0.5, 0.6) is 0 Å². The van der Waals surface area contributed by atoms with Crippen molar-refractivity contribution < 1.29 is 14.3 Å². The van der Waals surface area contributed by atoms with Crippen LogP contribution in [0.1, 0.15) is 39.5 Å². The van der Waals surface area contributed by atoms with Gasteiger partial charge in [-0.25, -0.2) is 0 Å². The van der Waals surface area contributed by atoms with Crippen LogP contribution in [0.3, 0.4) is 0 Å². The van der Waals surface area contributed by atoms with Crippen LogP contribution in [0.25, 0.3) is 0 Å². The van der Waals surface area contributed by atoms with Crippen molar-refractivity contribution >= 4 is 11.9 Å². The number of esters is 1. The molecule has 0 aliphatic rings. The summed E-state index contributed by atoms with van der Waals surface area (Å²) in [6.07, 6.45) is 2.47. The van der Waals surface area contributed by atoms with Crippen LogP contribution in [0.2, 0.25) is 0 Å². The van der Waals surface area contributed by atoms with E-state index in [4.69, 9.17) is 10.5 Å². The van der Waals surface area contributed by atoms with Gasteiger partial charge in [-0.15, -0.1) is 0 Å². The van der Waals surface area contributed by atoms with Crippen LogP contribution < -0.4 is 11.1 Å². The van der Waals surface area contributed by atoms with E-state index in [0.717, 1.165) is 19.4 Å². The van der Waals surface area contributed by atoms with E-state index >= 15 is 0 Å². The molecule has 0 saturated heterocycles. The summed E-state index contributed by atoms with van der Waals surface area (Å²) in [5, 5.41) is 3.19. The molecule has 0 radical (unpaired) electrons. The van der Waals surface area contributed by atoms with Gasteiger partial charge in [0, 0.05) is 12.5 Å². The van der Waals surface area contributed by atoms with E-state index in [1.807, 2.05) is 6.92 Å². The van der Waals surface area contributed by atoms with Crippen molar-refractivity contribution in [2.24, 2.45) is 5.73 Å². The molecule has 5 heteroatoms. The van der Waals surface area contributed by atoms with Crippen molar-refractivity contribution in [3.63, 3.8) is 0 Å². The second kappa shape index (κ2) is 9.15. The molecule has 1 atom stereocenters. The third-order valence-electron chi connectivity index (χ3n) is 2.12. The quantitative estimate of drug-likeness (QED) is 0.448. The average Bonchev–Trinajstić information content (AvgIpc) is 2.16. The molecule has 0 heterocycles. The maximum absolute atomic E-state index is 11.1.